The van der Waals surface area contributed by atoms with Gasteiger partial charge in [-0.2, -0.15) is 0 Å². The Kier molecular flexibility index (Phi) is 4.79. The number of hydrogen-bond donors (Lipinski definition) is 1. The highest BCUT2D eigenvalue weighted by atomic mass is 19.1. The van der Waals surface area contributed by atoms with Crippen LogP contribution in [0.3, 0.4) is 0 Å². The Hall–Kier alpha value is -1.81. The summed E-state index contributed by atoms with van der Waals surface area (Å²) in [5.41, 5.74) is 1.71. The van der Waals surface area contributed by atoms with Gasteiger partial charge in [0.05, 0.1) is 18.8 Å². The van der Waals surface area contributed by atoms with E-state index < -0.39 is 0 Å². The second-order valence-electron chi connectivity index (χ2n) is 4.91. The van der Waals surface area contributed by atoms with Crippen molar-refractivity contribution in [3.8, 4) is 0 Å². The van der Waals surface area contributed by atoms with Crippen LogP contribution < -0.4 is 10.2 Å². The van der Waals surface area contributed by atoms with Crippen molar-refractivity contribution >= 4 is 5.69 Å². The summed E-state index contributed by atoms with van der Waals surface area (Å²) >= 11 is 0. The molecule has 1 N–H and O–H groups in total. The monoisotopic (exact) mass is 276 g/mol. The molecule has 2 rings (SSSR count). The molecule has 3 nitrogen and oxygen atoms in total. The van der Waals surface area contributed by atoms with Crippen molar-refractivity contribution in [1.29, 1.82) is 0 Å². The van der Waals surface area contributed by atoms with Crippen molar-refractivity contribution in [2.75, 3.05) is 18.5 Å². The molecular weight excluding hydrogens is 255 g/mol. The second-order valence-corrected chi connectivity index (χ2v) is 4.91. The summed E-state index contributed by atoms with van der Waals surface area (Å²) in [4.78, 5) is 1.85. The van der Waals surface area contributed by atoms with Crippen molar-refractivity contribution in [1.82, 2.24) is 5.32 Å². The molecule has 108 valence electrons. The SMILES string of the molecule is CCNCc1oc(CN(C)c2ccccc2F)cc1C. The largest absolute Gasteiger partial charge is 0.463 e. The summed E-state index contributed by atoms with van der Waals surface area (Å²) in [5, 5.41) is 3.25. The molecule has 20 heavy (non-hydrogen) atoms. The van der Waals surface area contributed by atoms with Crippen molar-refractivity contribution < 1.29 is 8.81 Å². The van der Waals surface area contributed by atoms with Gasteiger partial charge in [0.2, 0.25) is 0 Å². The number of nitrogens with one attached hydrogen (secondary N) is 1. The van der Waals surface area contributed by atoms with Gasteiger partial charge < -0.3 is 14.6 Å². The van der Waals surface area contributed by atoms with Crippen LogP contribution in [0.4, 0.5) is 10.1 Å². The van der Waals surface area contributed by atoms with E-state index in [1.165, 1.54) is 6.07 Å². The molecule has 0 saturated carbocycles. The van der Waals surface area contributed by atoms with Crippen molar-refractivity contribution in [3.63, 3.8) is 0 Å². The number of para-hydroxylation sites is 1. The molecule has 0 amide bonds. The number of anilines is 1. The van der Waals surface area contributed by atoms with Crippen molar-refractivity contribution in [2.24, 2.45) is 0 Å². The maximum absolute atomic E-state index is 13.7. The minimum atomic E-state index is -0.217. The molecule has 1 aromatic heterocycles. The fourth-order valence-electron chi connectivity index (χ4n) is 2.16. The first kappa shape index (κ1) is 14.6. The Morgan fingerprint density at radius 3 is 2.75 bits per heavy atom. The number of rotatable bonds is 6. The number of benzene rings is 1. The number of furan rings is 1. The molecule has 1 aromatic carbocycles. The van der Waals surface area contributed by atoms with Crippen molar-refractivity contribution in [3.05, 3.63) is 53.2 Å². The Labute approximate surface area is 119 Å². The summed E-state index contributed by atoms with van der Waals surface area (Å²) in [6.07, 6.45) is 0. The van der Waals surface area contributed by atoms with Gasteiger partial charge in [0.15, 0.2) is 0 Å². The second kappa shape index (κ2) is 6.57. The zero-order valence-electron chi connectivity index (χ0n) is 12.2. The number of aryl methyl sites for hydroxylation is 1. The molecule has 0 aliphatic rings. The van der Waals surface area contributed by atoms with Gasteiger partial charge in [-0.15, -0.1) is 0 Å². The molecule has 2 aromatic rings. The predicted molar refractivity (Wildman–Crippen MR) is 79.3 cm³/mol. The molecule has 0 aliphatic carbocycles. The third-order valence-electron chi connectivity index (χ3n) is 3.26. The van der Waals surface area contributed by atoms with Gasteiger partial charge in [0, 0.05) is 7.05 Å². The van der Waals surface area contributed by atoms with Gasteiger partial charge in [-0.1, -0.05) is 19.1 Å². The third-order valence-corrected chi connectivity index (χ3v) is 3.26. The van der Waals surface area contributed by atoms with Crippen molar-refractivity contribution in [2.45, 2.75) is 26.9 Å². The highest BCUT2D eigenvalue weighted by Crippen LogP contribution is 2.21. The Bertz CT molecular complexity index is 565. The van der Waals surface area contributed by atoms with Crippen LogP contribution in [0.2, 0.25) is 0 Å². The van der Waals surface area contributed by atoms with E-state index in [2.05, 4.69) is 12.2 Å². The van der Waals surface area contributed by atoms with Gasteiger partial charge >= 0.3 is 0 Å². The molecule has 0 unspecified atom stereocenters. The fraction of sp³-hybridized carbons (Fsp3) is 0.375. The van der Waals surface area contributed by atoms with E-state index in [-0.39, 0.29) is 5.82 Å². The first-order valence-corrected chi connectivity index (χ1v) is 6.86. The van der Waals surface area contributed by atoms with Gasteiger partial charge in [-0.25, -0.2) is 4.39 Å². The lowest BCUT2D eigenvalue weighted by molar-refractivity contribution is 0.446. The molecule has 0 spiro atoms. The lowest BCUT2D eigenvalue weighted by atomic mass is 10.2. The average Bonchev–Trinajstić information content (AvgIpc) is 2.76. The topological polar surface area (TPSA) is 28.4 Å². The minimum Gasteiger partial charge on any atom is -0.463 e. The zero-order chi connectivity index (χ0) is 14.5. The summed E-state index contributed by atoms with van der Waals surface area (Å²) < 4.78 is 19.5. The van der Waals surface area contributed by atoms with Crippen LogP contribution in [0.15, 0.2) is 34.7 Å². The van der Waals surface area contributed by atoms with E-state index in [4.69, 9.17) is 4.42 Å². The van der Waals surface area contributed by atoms with Crippen LogP contribution in [-0.4, -0.2) is 13.6 Å². The zero-order valence-corrected chi connectivity index (χ0v) is 12.2. The molecular formula is C16H21FN2O. The minimum absolute atomic E-state index is 0.217. The Morgan fingerprint density at radius 1 is 1.30 bits per heavy atom. The molecule has 0 atom stereocenters. The number of nitrogens with zero attached hydrogens (tertiary/aromatic N) is 1. The number of halogens is 1. The van der Waals surface area contributed by atoms with Gasteiger partial charge in [-0.3, -0.25) is 0 Å². The van der Waals surface area contributed by atoms with Crippen LogP contribution in [0, 0.1) is 12.7 Å². The molecule has 0 fully saturated rings. The Morgan fingerprint density at radius 2 is 2.05 bits per heavy atom. The van der Waals surface area contributed by atoms with E-state index >= 15 is 0 Å². The molecule has 0 aliphatic heterocycles. The lowest BCUT2D eigenvalue weighted by Crippen LogP contribution is -2.17. The molecule has 4 heteroatoms. The van der Waals surface area contributed by atoms with Gasteiger partial charge in [0.1, 0.15) is 17.3 Å². The quantitative estimate of drug-likeness (QED) is 0.875. The maximum Gasteiger partial charge on any atom is 0.146 e. The first-order chi connectivity index (χ1) is 9.61. The fourth-order valence-corrected chi connectivity index (χ4v) is 2.16. The van der Waals surface area contributed by atoms with E-state index in [0.717, 1.165) is 30.2 Å². The number of hydrogen-bond acceptors (Lipinski definition) is 3. The van der Waals surface area contributed by atoms with E-state index in [0.29, 0.717) is 12.2 Å². The average molecular weight is 276 g/mol. The summed E-state index contributed by atoms with van der Waals surface area (Å²) in [5.74, 6) is 1.58. The van der Waals surface area contributed by atoms with Gasteiger partial charge in [-0.05, 0) is 37.2 Å². The standard InChI is InChI=1S/C16H21FN2O/c1-4-18-10-16-12(2)9-13(20-16)11-19(3)15-8-6-5-7-14(15)17/h5-9,18H,4,10-11H2,1-3H3. The maximum atomic E-state index is 13.7. The lowest BCUT2D eigenvalue weighted by Gasteiger charge is -2.18. The smallest absolute Gasteiger partial charge is 0.146 e. The van der Waals surface area contributed by atoms with Crippen LogP contribution in [-0.2, 0) is 13.1 Å². The van der Waals surface area contributed by atoms with E-state index in [1.807, 2.05) is 31.0 Å². The molecule has 0 saturated heterocycles. The summed E-state index contributed by atoms with van der Waals surface area (Å²) in [6.45, 7) is 6.28. The van der Waals surface area contributed by atoms with Crippen LogP contribution in [0.25, 0.3) is 0 Å². The molecule has 0 radical (unpaired) electrons. The van der Waals surface area contributed by atoms with E-state index in [1.54, 1.807) is 12.1 Å². The van der Waals surface area contributed by atoms with Gasteiger partial charge in [0.25, 0.3) is 0 Å². The predicted octanol–water partition coefficient (Wildman–Crippen LogP) is 3.47. The van der Waals surface area contributed by atoms with Crippen LogP contribution in [0.1, 0.15) is 24.0 Å². The molecule has 0 bridgehead atoms. The van der Waals surface area contributed by atoms with Crippen LogP contribution in [0.5, 0.6) is 0 Å². The first-order valence-electron chi connectivity index (χ1n) is 6.86. The normalized spacial score (nSPS) is 10.8. The Balaban J connectivity index is 2.08. The molecule has 1 heterocycles. The van der Waals surface area contributed by atoms with Crippen LogP contribution >= 0.6 is 0 Å². The third kappa shape index (κ3) is 3.39. The summed E-state index contributed by atoms with van der Waals surface area (Å²) in [7, 11) is 1.86. The summed E-state index contributed by atoms with van der Waals surface area (Å²) in [6, 6.07) is 8.78. The van der Waals surface area contributed by atoms with E-state index in [9.17, 15) is 4.39 Å². The highest BCUT2D eigenvalue weighted by molar-refractivity contribution is 5.47. The highest BCUT2D eigenvalue weighted by Gasteiger charge is 2.12.